The van der Waals surface area contributed by atoms with Gasteiger partial charge in [0.2, 0.25) is 11.8 Å². The molecule has 0 saturated heterocycles. The van der Waals surface area contributed by atoms with E-state index in [1.807, 2.05) is 48.5 Å². The first-order valence-electron chi connectivity index (χ1n) is 7.13. The van der Waals surface area contributed by atoms with Gasteiger partial charge in [0.1, 0.15) is 11.5 Å². The van der Waals surface area contributed by atoms with E-state index in [0.717, 1.165) is 22.7 Å². The lowest BCUT2D eigenvalue weighted by atomic mass is 10.2. The Morgan fingerprint density at radius 2 is 1.74 bits per heavy atom. The molecular weight excluding hydrogens is 294 g/mol. The molecule has 23 heavy (non-hydrogen) atoms. The molecule has 0 aliphatic heterocycles. The summed E-state index contributed by atoms with van der Waals surface area (Å²) in [5, 5.41) is 11.3. The molecule has 0 amide bonds. The number of nitrogens with one attached hydrogen (secondary N) is 1. The zero-order chi connectivity index (χ0) is 16.1. The molecule has 0 spiro atoms. The van der Waals surface area contributed by atoms with Crippen molar-refractivity contribution >= 4 is 5.69 Å². The van der Waals surface area contributed by atoms with Crippen LogP contribution in [0.4, 0.5) is 5.69 Å². The van der Waals surface area contributed by atoms with Gasteiger partial charge in [-0.2, -0.15) is 0 Å². The topological polar surface area (TPSA) is 69.4 Å². The quantitative estimate of drug-likeness (QED) is 0.752. The summed E-state index contributed by atoms with van der Waals surface area (Å²) in [7, 11) is 3.26. The van der Waals surface area contributed by atoms with E-state index in [1.165, 1.54) is 0 Å². The SMILES string of the molecule is COc1ccc(NCc2nnc(-c3cccc(OC)c3)o2)cc1. The first-order chi connectivity index (χ1) is 11.3. The standard InChI is InChI=1S/C17H17N3O3/c1-21-14-8-6-13(7-9-14)18-11-16-19-20-17(23-16)12-4-3-5-15(10-12)22-2/h3-10,18H,11H2,1-2H3. The van der Waals surface area contributed by atoms with E-state index in [2.05, 4.69) is 15.5 Å². The highest BCUT2D eigenvalue weighted by molar-refractivity contribution is 5.55. The molecule has 3 rings (SSSR count). The molecule has 0 aliphatic carbocycles. The Labute approximate surface area is 134 Å². The van der Waals surface area contributed by atoms with Crippen LogP contribution < -0.4 is 14.8 Å². The van der Waals surface area contributed by atoms with Gasteiger partial charge in [-0.25, -0.2) is 0 Å². The summed E-state index contributed by atoms with van der Waals surface area (Å²) >= 11 is 0. The summed E-state index contributed by atoms with van der Waals surface area (Å²) in [4.78, 5) is 0. The van der Waals surface area contributed by atoms with Gasteiger partial charge in [-0.05, 0) is 42.5 Å². The maximum absolute atomic E-state index is 5.67. The summed E-state index contributed by atoms with van der Waals surface area (Å²) in [6, 6.07) is 15.1. The van der Waals surface area contributed by atoms with Crippen molar-refractivity contribution in [2.75, 3.05) is 19.5 Å². The Morgan fingerprint density at radius 3 is 2.48 bits per heavy atom. The van der Waals surface area contributed by atoms with Crippen LogP contribution >= 0.6 is 0 Å². The van der Waals surface area contributed by atoms with Crippen LogP contribution in [0, 0.1) is 0 Å². The molecule has 118 valence electrons. The van der Waals surface area contributed by atoms with Crippen molar-refractivity contribution in [3.05, 3.63) is 54.4 Å². The molecule has 6 heteroatoms. The summed E-state index contributed by atoms with van der Waals surface area (Å²) in [5.41, 5.74) is 1.78. The fourth-order valence-corrected chi connectivity index (χ4v) is 2.08. The van der Waals surface area contributed by atoms with Gasteiger partial charge in [-0.1, -0.05) is 6.07 Å². The van der Waals surface area contributed by atoms with Crippen molar-refractivity contribution in [3.8, 4) is 23.0 Å². The monoisotopic (exact) mass is 311 g/mol. The van der Waals surface area contributed by atoms with Crippen LogP contribution in [0.2, 0.25) is 0 Å². The zero-order valence-corrected chi connectivity index (χ0v) is 12.9. The van der Waals surface area contributed by atoms with Crippen LogP contribution in [0.5, 0.6) is 11.5 Å². The number of aromatic nitrogens is 2. The van der Waals surface area contributed by atoms with E-state index in [-0.39, 0.29) is 0 Å². The van der Waals surface area contributed by atoms with Crippen molar-refractivity contribution < 1.29 is 13.9 Å². The lowest BCUT2D eigenvalue weighted by Crippen LogP contribution is -1.99. The first kappa shape index (κ1) is 14.9. The fourth-order valence-electron chi connectivity index (χ4n) is 2.08. The van der Waals surface area contributed by atoms with Gasteiger partial charge in [-0.15, -0.1) is 10.2 Å². The molecule has 0 fully saturated rings. The maximum Gasteiger partial charge on any atom is 0.247 e. The van der Waals surface area contributed by atoms with Crippen LogP contribution in [0.1, 0.15) is 5.89 Å². The summed E-state index contributed by atoms with van der Waals surface area (Å²) in [6.07, 6.45) is 0. The number of nitrogens with zero attached hydrogens (tertiary/aromatic N) is 2. The largest absolute Gasteiger partial charge is 0.497 e. The van der Waals surface area contributed by atoms with E-state index in [9.17, 15) is 0 Å². The molecule has 0 unspecified atom stereocenters. The van der Waals surface area contributed by atoms with Crippen LogP contribution in [0.15, 0.2) is 52.9 Å². The highest BCUT2D eigenvalue weighted by atomic mass is 16.5. The van der Waals surface area contributed by atoms with Crippen molar-refractivity contribution in [2.24, 2.45) is 0 Å². The lowest BCUT2D eigenvalue weighted by molar-refractivity contribution is 0.414. The Kier molecular flexibility index (Phi) is 4.42. The number of rotatable bonds is 6. The molecule has 0 atom stereocenters. The van der Waals surface area contributed by atoms with Gasteiger partial charge in [0.25, 0.3) is 0 Å². The van der Waals surface area contributed by atoms with Crippen LogP contribution in [-0.4, -0.2) is 24.4 Å². The van der Waals surface area contributed by atoms with Crippen LogP contribution in [-0.2, 0) is 6.54 Å². The Morgan fingerprint density at radius 1 is 0.957 bits per heavy atom. The van der Waals surface area contributed by atoms with Gasteiger partial charge < -0.3 is 19.2 Å². The third-order valence-electron chi connectivity index (χ3n) is 3.32. The molecule has 0 bridgehead atoms. The van der Waals surface area contributed by atoms with E-state index >= 15 is 0 Å². The maximum atomic E-state index is 5.67. The summed E-state index contributed by atoms with van der Waals surface area (Å²) < 4.78 is 16.0. The number of ether oxygens (including phenoxy) is 2. The van der Waals surface area contributed by atoms with Crippen molar-refractivity contribution in [1.29, 1.82) is 0 Å². The molecule has 1 heterocycles. The number of hydrogen-bond donors (Lipinski definition) is 1. The summed E-state index contributed by atoms with van der Waals surface area (Å²) in [6.45, 7) is 0.448. The van der Waals surface area contributed by atoms with Gasteiger partial charge in [-0.3, -0.25) is 0 Å². The predicted molar refractivity (Wildman–Crippen MR) is 86.6 cm³/mol. The van der Waals surface area contributed by atoms with Gasteiger partial charge in [0.05, 0.1) is 20.8 Å². The Balaban J connectivity index is 1.66. The second-order valence-corrected chi connectivity index (χ2v) is 4.81. The van der Waals surface area contributed by atoms with E-state index in [1.54, 1.807) is 14.2 Å². The van der Waals surface area contributed by atoms with Gasteiger partial charge >= 0.3 is 0 Å². The minimum atomic E-state index is 0.448. The molecule has 3 aromatic rings. The second kappa shape index (κ2) is 6.83. The Bertz CT molecular complexity index is 769. The van der Waals surface area contributed by atoms with Crippen molar-refractivity contribution in [2.45, 2.75) is 6.54 Å². The molecule has 2 aromatic carbocycles. The average Bonchev–Trinajstić information content (AvgIpc) is 3.09. The summed E-state index contributed by atoms with van der Waals surface area (Å²) in [5.74, 6) is 2.54. The number of anilines is 1. The third kappa shape index (κ3) is 3.60. The van der Waals surface area contributed by atoms with Crippen molar-refractivity contribution in [3.63, 3.8) is 0 Å². The van der Waals surface area contributed by atoms with Gasteiger partial charge in [0.15, 0.2) is 0 Å². The molecular formula is C17H17N3O3. The van der Waals surface area contributed by atoms with Crippen LogP contribution in [0.25, 0.3) is 11.5 Å². The molecule has 0 aliphatic rings. The normalized spacial score (nSPS) is 10.3. The van der Waals surface area contributed by atoms with Crippen LogP contribution in [0.3, 0.4) is 0 Å². The predicted octanol–water partition coefficient (Wildman–Crippen LogP) is 3.37. The molecule has 1 aromatic heterocycles. The Hall–Kier alpha value is -3.02. The fraction of sp³-hybridized carbons (Fsp3) is 0.176. The van der Waals surface area contributed by atoms with Gasteiger partial charge in [0, 0.05) is 11.3 Å². The average molecular weight is 311 g/mol. The minimum Gasteiger partial charge on any atom is -0.497 e. The molecule has 0 radical (unpaired) electrons. The van der Waals surface area contributed by atoms with E-state index in [4.69, 9.17) is 13.9 Å². The molecule has 0 saturated carbocycles. The molecule has 1 N–H and O–H groups in total. The number of hydrogen-bond acceptors (Lipinski definition) is 6. The third-order valence-corrected chi connectivity index (χ3v) is 3.32. The molecule has 6 nitrogen and oxygen atoms in total. The first-order valence-corrected chi connectivity index (χ1v) is 7.13. The smallest absolute Gasteiger partial charge is 0.247 e. The van der Waals surface area contributed by atoms with Crippen molar-refractivity contribution in [1.82, 2.24) is 10.2 Å². The lowest BCUT2D eigenvalue weighted by Gasteiger charge is -2.04. The van der Waals surface area contributed by atoms with E-state index in [0.29, 0.717) is 18.3 Å². The zero-order valence-electron chi connectivity index (χ0n) is 12.9. The number of benzene rings is 2. The minimum absolute atomic E-state index is 0.448. The number of methoxy groups -OCH3 is 2. The second-order valence-electron chi connectivity index (χ2n) is 4.81. The highest BCUT2D eigenvalue weighted by Gasteiger charge is 2.09. The highest BCUT2D eigenvalue weighted by Crippen LogP contribution is 2.23. The van der Waals surface area contributed by atoms with E-state index < -0.39 is 0 Å².